The average Bonchev–Trinajstić information content (AvgIpc) is 2.23. The van der Waals surface area contributed by atoms with Gasteiger partial charge in [-0.05, 0) is 31.0 Å². The number of unbranched alkanes of at least 4 members (excludes halogenated alkanes) is 1. The molecule has 1 aromatic rings. The minimum atomic E-state index is -0.0230. The van der Waals surface area contributed by atoms with E-state index >= 15 is 0 Å². The number of hydrogen-bond donors (Lipinski definition) is 1. The first-order valence-electron chi connectivity index (χ1n) is 4.94. The minimum Gasteiger partial charge on any atom is -0.325 e. The van der Waals surface area contributed by atoms with Gasteiger partial charge in [0.25, 0.3) is 0 Å². The van der Waals surface area contributed by atoms with Gasteiger partial charge in [-0.15, -0.1) is 0 Å². The number of carbonyl (C=O) groups excluding carboxylic acids is 1. The smallest absolute Gasteiger partial charge is 0.224 e. The summed E-state index contributed by atoms with van der Waals surface area (Å²) >= 11 is 15.0. The standard InChI is InChI=1S/C11H12BrCl2NO/c12-6-2-1-3-11(16)15-10-5-4-8(13)7-9(10)14/h4-5,7H,1-3,6H2,(H,15,16). The van der Waals surface area contributed by atoms with E-state index < -0.39 is 0 Å². The van der Waals surface area contributed by atoms with Crippen LogP contribution in [0.1, 0.15) is 19.3 Å². The second kappa shape index (κ2) is 7.15. The number of halogens is 3. The van der Waals surface area contributed by atoms with Gasteiger partial charge in [-0.25, -0.2) is 0 Å². The third-order valence-corrected chi connectivity index (χ3v) is 3.10. The summed E-state index contributed by atoms with van der Waals surface area (Å²) in [5.41, 5.74) is 0.606. The Morgan fingerprint density at radius 3 is 2.69 bits per heavy atom. The molecule has 0 heterocycles. The van der Waals surface area contributed by atoms with E-state index in [1.165, 1.54) is 0 Å². The van der Waals surface area contributed by atoms with Gasteiger partial charge in [-0.1, -0.05) is 39.1 Å². The van der Waals surface area contributed by atoms with Crippen LogP contribution in [0.25, 0.3) is 0 Å². The molecule has 1 aromatic carbocycles. The first-order valence-corrected chi connectivity index (χ1v) is 6.82. The topological polar surface area (TPSA) is 29.1 Å². The van der Waals surface area contributed by atoms with Crippen LogP contribution in [0.3, 0.4) is 0 Å². The van der Waals surface area contributed by atoms with Crippen LogP contribution < -0.4 is 5.32 Å². The highest BCUT2D eigenvalue weighted by atomic mass is 79.9. The largest absolute Gasteiger partial charge is 0.325 e. The normalized spacial score (nSPS) is 10.2. The number of alkyl halides is 1. The lowest BCUT2D eigenvalue weighted by Crippen LogP contribution is -2.11. The van der Waals surface area contributed by atoms with Crippen molar-refractivity contribution in [2.24, 2.45) is 0 Å². The van der Waals surface area contributed by atoms with Crippen molar-refractivity contribution in [3.8, 4) is 0 Å². The highest BCUT2D eigenvalue weighted by Gasteiger charge is 2.05. The van der Waals surface area contributed by atoms with Gasteiger partial charge in [0.15, 0.2) is 0 Å². The summed E-state index contributed by atoms with van der Waals surface area (Å²) < 4.78 is 0. The van der Waals surface area contributed by atoms with E-state index in [0.717, 1.165) is 18.2 Å². The molecule has 0 radical (unpaired) electrons. The molecule has 1 amide bonds. The SMILES string of the molecule is O=C(CCCCBr)Nc1ccc(Cl)cc1Cl. The quantitative estimate of drug-likeness (QED) is 0.627. The lowest BCUT2D eigenvalue weighted by Gasteiger charge is -2.07. The second-order valence-electron chi connectivity index (χ2n) is 3.32. The average molecular weight is 325 g/mol. The monoisotopic (exact) mass is 323 g/mol. The first-order chi connectivity index (χ1) is 7.63. The van der Waals surface area contributed by atoms with Gasteiger partial charge in [0.2, 0.25) is 5.91 Å². The van der Waals surface area contributed by atoms with Crippen molar-refractivity contribution in [1.82, 2.24) is 0 Å². The Morgan fingerprint density at radius 2 is 2.06 bits per heavy atom. The number of nitrogens with one attached hydrogen (secondary N) is 1. The molecule has 0 aliphatic rings. The highest BCUT2D eigenvalue weighted by Crippen LogP contribution is 2.25. The molecule has 1 rings (SSSR count). The first kappa shape index (κ1) is 13.8. The van der Waals surface area contributed by atoms with E-state index in [4.69, 9.17) is 23.2 Å². The fourth-order valence-electron chi connectivity index (χ4n) is 1.18. The number of hydrogen-bond acceptors (Lipinski definition) is 1. The molecule has 0 spiro atoms. The van der Waals surface area contributed by atoms with Crippen LogP contribution in [0.15, 0.2) is 18.2 Å². The predicted octanol–water partition coefficient (Wildman–Crippen LogP) is 4.50. The van der Waals surface area contributed by atoms with E-state index in [9.17, 15) is 4.79 Å². The molecule has 2 nitrogen and oxygen atoms in total. The predicted molar refractivity (Wildman–Crippen MR) is 72.7 cm³/mol. The van der Waals surface area contributed by atoms with Gasteiger partial charge >= 0.3 is 0 Å². The maximum absolute atomic E-state index is 11.5. The summed E-state index contributed by atoms with van der Waals surface area (Å²) in [7, 11) is 0. The molecule has 16 heavy (non-hydrogen) atoms. The molecule has 88 valence electrons. The fourth-order valence-corrected chi connectivity index (χ4v) is 2.04. The van der Waals surface area contributed by atoms with Gasteiger partial charge in [-0.3, -0.25) is 4.79 Å². The zero-order chi connectivity index (χ0) is 12.0. The van der Waals surface area contributed by atoms with E-state index in [2.05, 4.69) is 21.2 Å². The number of carbonyl (C=O) groups is 1. The van der Waals surface area contributed by atoms with Crippen LogP contribution in [0.5, 0.6) is 0 Å². The van der Waals surface area contributed by atoms with Gasteiger partial charge in [0, 0.05) is 16.8 Å². The van der Waals surface area contributed by atoms with E-state index in [1.807, 2.05) is 0 Å². The summed E-state index contributed by atoms with van der Waals surface area (Å²) in [5.74, 6) is -0.0230. The third-order valence-electron chi connectivity index (χ3n) is 1.99. The van der Waals surface area contributed by atoms with Crippen molar-refractivity contribution in [1.29, 1.82) is 0 Å². The van der Waals surface area contributed by atoms with Gasteiger partial charge < -0.3 is 5.32 Å². The third kappa shape index (κ3) is 4.73. The maximum atomic E-state index is 11.5. The lowest BCUT2D eigenvalue weighted by atomic mass is 10.2. The molecular formula is C11H12BrCl2NO. The summed E-state index contributed by atoms with van der Waals surface area (Å²) in [6.45, 7) is 0. The molecular weight excluding hydrogens is 313 g/mol. The number of anilines is 1. The van der Waals surface area contributed by atoms with E-state index in [-0.39, 0.29) is 5.91 Å². The molecule has 0 bridgehead atoms. The van der Waals surface area contributed by atoms with Crippen molar-refractivity contribution < 1.29 is 4.79 Å². The Kier molecular flexibility index (Phi) is 6.17. The Balaban J connectivity index is 2.49. The van der Waals surface area contributed by atoms with Gasteiger partial charge in [0.05, 0.1) is 10.7 Å². The van der Waals surface area contributed by atoms with Crippen molar-refractivity contribution >= 4 is 50.7 Å². The van der Waals surface area contributed by atoms with Crippen LogP contribution >= 0.6 is 39.1 Å². The maximum Gasteiger partial charge on any atom is 0.224 e. The molecule has 0 atom stereocenters. The Hall–Kier alpha value is -0.250. The lowest BCUT2D eigenvalue weighted by molar-refractivity contribution is -0.116. The Bertz CT molecular complexity index is 371. The summed E-state index contributed by atoms with van der Waals surface area (Å²) in [5, 5.41) is 4.69. The van der Waals surface area contributed by atoms with Gasteiger partial charge in [0.1, 0.15) is 0 Å². The Morgan fingerprint density at radius 1 is 1.31 bits per heavy atom. The number of benzene rings is 1. The molecule has 5 heteroatoms. The van der Waals surface area contributed by atoms with Crippen molar-refractivity contribution in [2.45, 2.75) is 19.3 Å². The van der Waals surface area contributed by atoms with Crippen LogP contribution in [0, 0.1) is 0 Å². The summed E-state index contributed by atoms with van der Waals surface area (Å²) in [6, 6.07) is 5.01. The molecule has 0 saturated heterocycles. The van der Waals surface area contributed by atoms with Crippen molar-refractivity contribution in [3.63, 3.8) is 0 Å². The van der Waals surface area contributed by atoms with Gasteiger partial charge in [-0.2, -0.15) is 0 Å². The zero-order valence-corrected chi connectivity index (χ0v) is 11.7. The van der Waals surface area contributed by atoms with Crippen molar-refractivity contribution in [2.75, 3.05) is 10.6 Å². The molecule has 1 N–H and O–H groups in total. The molecule has 0 aromatic heterocycles. The minimum absolute atomic E-state index is 0.0230. The molecule has 0 fully saturated rings. The van der Waals surface area contributed by atoms with Crippen molar-refractivity contribution in [3.05, 3.63) is 28.2 Å². The highest BCUT2D eigenvalue weighted by molar-refractivity contribution is 9.09. The molecule has 0 aliphatic heterocycles. The van der Waals surface area contributed by atoms with Crippen LogP contribution in [-0.4, -0.2) is 11.2 Å². The molecule has 0 unspecified atom stereocenters. The molecule has 0 aliphatic carbocycles. The van der Waals surface area contributed by atoms with E-state index in [0.29, 0.717) is 22.2 Å². The summed E-state index contributed by atoms with van der Waals surface area (Å²) in [6.07, 6.45) is 2.36. The Labute approximate surface area is 113 Å². The van der Waals surface area contributed by atoms with E-state index in [1.54, 1.807) is 18.2 Å². The van der Waals surface area contributed by atoms with Crippen LogP contribution in [0.4, 0.5) is 5.69 Å². The summed E-state index contributed by atoms with van der Waals surface area (Å²) in [4.78, 5) is 11.5. The second-order valence-corrected chi connectivity index (χ2v) is 4.96. The van der Waals surface area contributed by atoms with Crippen LogP contribution in [-0.2, 0) is 4.79 Å². The zero-order valence-electron chi connectivity index (χ0n) is 8.60. The number of rotatable bonds is 5. The molecule has 0 saturated carbocycles. The van der Waals surface area contributed by atoms with Crippen LogP contribution in [0.2, 0.25) is 10.0 Å². The number of amides is 1. The fraction of sp³-hybridized carbons (Fsp3) is 0.364.